The quantitative estimate of drug-likeness (QED) is 0.537. The highest BCUT2D eigenvalue weighted by atomic mass is 32.1. The maximum absolute atomic E-state index is 12.7. The molecule has 7 nitrogen and oxygen atoms in total. The van der Waals surface area contributed by atoms with Crippen LogP contribution in [0.25, 0.3) is 5.69 Å². The Balaban J connectivity index is 1.43. The van der Waals surface area contributed by atoms with Gasteiger partial charge in [-0.1, -0.05) is 30.3 Å². The van der Waals surface area contributed by atoms with Crippen LogP contribution in [0.5, 0.6) is 11.5 Å². The van der Waals surface area contributed by atoms with Gasteiger partial charge < -0.3 is 10.1 Å². The maximum atomic E-state index is 12.7. The first-order valence-corrected chi connectivity index (χ1v) is 9.53. The molecule has 2 aromatic heterocycles. The molecule has 0 fully saturated rings. The lowest BCUT2D eigenvalue weighted by atomic mass is 10.1. The Bertz CT molecular complexity index is 1050. The first kappa shape index (κ1) is 17.9. The molecule has 0 aliphatic carbocycles. The molecule has 0 aliphatic rings. The number of benzene rings is 2. The van der Waals surface area contributed by atoms with Crippen LogP contribution in [0, 0.1) is 0 Å². The van der Waals surface area contributed by atoms with Gasteiger partial charge in [0.25, 0.3) is 5.91 Å². The minimum absolute atomic E-state index is 0.165. The van der Waals surface area contributed by atoms with Crippen LogP contribution in [0.2, 0.25) is 0 Å². The number of nitrogens with zero attached hydrogens (tertiary/aromatic N) is 4. The molecule has 140 valence electrons. The lowest BCUT2D eigenvalue weighted by Crippen LogP contribution is -2.26. The second-order valence-electron chi connectivity index (χ2n) is 6.07. The van der Waals surface area contributed by atoms with Crippen molar-refractivity contribution in [1.82, 2.24) is 25.5 Å². The van der Waals surface area contributed by atoms with E-state index in [0.717, 1.165) is 17.1 Å². The van der Waals surface area contributed by atoms with Gasteiger partial charge in [-0.2, -0.15) is 4.68 Å². The fourth-order valence-electron chi connectivity index (χ4n) is 2.72. The maximum Gasteiger partial charge on any atom is 0.264 e. The molecule has 4 rings (SSSR count). The van der Waals surface area contributed by atoms with E-state index in [1.54, 1.807) is 0 Å². The van der Waals surface area contributed by atoms with Crippen LogP contribution >= 0.6 is 11.3 Å². The largest absolute Gasteiger partial charge is 0.457 e. The first-order valence-electron chi connectivity index (χ1n) is 8.65. The Morgan fingerprint density at radius 1 is 1.07 bits per heavy atom. The molecule has 8 heteroatoms. The Hall–Kier alpha value is -3.52. The lowest BCUT2D eigenvalue weighted by Gasteiger charge is -2.15. The smallest absolute Gasteiger partial charge is 0.264 e. The van der Waals surface area contributed by atoms with Gasteiger partial charge in [-0.05, 0) is 58.6 Å². The van der Waals surface area contributed by atoms with Crippen molar-refractivity contribution in [1.29, 1.82) is 0 Å². The molecule has 28 heavy (non-hydrogen) atoms. The third-order valence-corrected chi connectivity index (χ3v) is 5.06. The van der Waals surface area contributed by atoms with Crippen LogP contribution in [-0.4, -0.2) is 26.1 Å². The van der Waals surface area contributed by atoms with Crippen LogP contribution in [0.4, 0.5) is 0 Å². The Labute approximate surface area is 165 Å². The Morgan fingerprint density at radius 2 is 1.82 bits per heavy atom. The number of ether oxygens (including phenoxy) is 1. The summed E-state index contributed by atoms with van der Waals surface area (Å²) >= 11 is 1.35. The van der Waals surface area contributed by atoms with Crippen molar-refractivity contribution in [2.24, 2.45) is 0 Å². The second-order valence-corrected chi connectivity index (χ2v) is 6.98. The zero-order valence-electron chi connectivity index (χ0n) is 15.0. The molecule has 0 saturated heterocycles. The average molecular weight is 391 g/mol. The van der Waals surface area contributed by atoms with Gasteiger partial charge in [0.1, 0.15) is 22.7 Å². The van der Waals surface area contributed by atoms with Gasteiger partial charge in [0, 0.05) is 0 Å². The third-order valence-electron chi connectivity index (χ3n) is 4.15. The summed E-state index contributed by atoms with van der Waals surface area (Å²) in [5.74, 6) is 1.36. The molecule has 1 N–H and O–H groups in total. The number of para-hydroxylation sites is 1. The van der Waals surface area contributed by atoms with Crippen molar-refractivity contribution in [3.63, 3.8) is 0 Å². The zero-order chi connectivity index (χ0) is 19.3. The molecule has 2 aromatic carbocycles. The molecule has 0 saturated carbocycles. The molecular weight excluding hydrogens is 374 g/mol. The normalized spacial score (nSPS) is 11.8. The summed E-state index contributed by atoms with van der Waals surface area (Å²) < 4.78 is 7.28. The number of thiophene rings is 1. The summed E-state index contributed by atoms with van der Waals surface area (Å²) in [6, 6.07) is 18.9. The number of tetrazole rings is 1. The monoisotopic (exact) mass is 391 g/mol. The first-order chi connectivity index (χ1) is 13.7. The van der Waals surface area contributed by atoms with Crippen molar-refractivity contribution in [3.05, 3.63) is 82.8 Å². The SMILES string of the molecule is CC(NC(=O)c1sccc1-n1cnnn1)c1ccc(Oc2ccccc2)cc1. The number of carbonyl (C=O) groups is 1. The summed E-state index contributed by atoms with van der Waals surface area (Å²) in [7, 11) is 0. The number of rotatable bonds is 6. The highest BCUT2D eigenvalue weighted by Crippen LogP contribution is 2.24. The molecule has 0 bridgehead atoms. The van der Waals surface area contributed by atoms with Gasteiger partial charge in [-0.25, -0.2) is 0 Å². The van der Waals surface area contributed by atoms with Crippen LogP contribution in [0.15, 0.2) is 72.4 Å². The predicted molar refractivity (Wildman–Crippen MR) is 106 cm³/mol. The summed E-state index contributed by atoms with van der Waals surface area (Å²) in [4.78, 5) is 13.3. The second kappa shape index (κ2) is 8.01. The van der Waals surface area contributed by atoms with Gasteiger partial charge in [0.2, 0.25) is 0 Å². The zero-order valence-corrected chi connectivity index (χ0v) is 15.8. The topological polar surface area (TPSA) is 81.9 Å². The van der Waals surface area contributed by atoms with E-state index in [1.165, 1.54) is 22.3 Å². The van der Waals surface area contributed by atoms with Crippen molar-refractivity contribution in [2.45, 2.75) is 13.0 Å². The standard InChI is InChI=1S/C20H17N5O2S/c1-14(15-7-9-17(10-8-15)27-16-5-3-2-4-6-16)22-20(26)19-18(11-12-28-19)25-13-21-23-24-25/h2-14H,1H3,(H,22,26). The Kier molecular flexibility index (Phi) is 5.11. The van der Waals surface area contributed by atoms with E-state index in [4.69, 9.17) is 4.74 Å². The minimum atomic E-state index is -0.169. The molecule has 2 heterocycles. The van der Waals surface area contributed by atoms with E-state index < -0.39 is 0 Å². The molecule has 0 aliphatic heterocycles. The summed E-state index contributed by atoms with van der Waals surface area (Å²) in [5.41, 5.74) is 1.64. The predicted octanol–water partition coefficient (Wildman–Crippen LogP) is 4.01. The van der Waals surface area contributed by atoms with E-state index in [1.807, 2.05) is 73.0 Å². The van der Waals surface area contributed by atoms with Crippen LogP contribution < -0.4 is 10.1 Å². The van der Waals surface area contributed by atoms with Crippen LogP contribution in [0.3, 0.4) is 0 Å². The lowest BCUT2D eigenvalue weighted by molar-refractivity contribution is 0.0944. The molecule has 0 spiro atoms. The van der Waals surface area contributed by atoms with Gasteiger partial charge >= 0.3 is 0 Å². The van der Waals surface area contributed by atoms with Crippen molar-refractivity contribution in [3.8, 4) is 17.2 Å². The van der Waals surface area contributed by atoms with Gasteiger partial charge in [0.05, 0.1) is 11.7 Å². The molecule has 1 amide bonds. The van der Waals surface area contributed by atoms with Gasteiger partial charge in [-0.3, -0.25) is 4.79 Å². The fourth-order valence-corrected chi connectivity index (χ4v) is 3.50. The van der Waals surface area contributed by atoms with Gasteiger partial charge in [0.15, 0.2) is 0 Å². The van der Waals surface area contributed by atoms with Crippen molar-refractivity contribution in [2.75, 3.05) is 0 Å². The molecular formula is C20H17N5O2S. The number of hydrogen-bond acceptors (Lipinski definition) is 6. The number of carbonyl (C=O) groups excluding carboxylic acids is 1. The number of nitrogens with one attached hydrogen (secondary N) is 1. The van der Waals surface area contributed by atoms with Crippen molar-refractivity contribution < 1.29 is 9.53 Å². The van der Waals surface area contributed by atoms with E-state index in [0.29, 0.717) is 10.6 Å². The van der Waals surface area contributed by atoms with Gasteiger partial charge in [-0.15, -0.1) is 16.4 Å². The average Bonchev–Trinajstić information content (AvgIpc) is 3.41. The third kappa shape index (κ3) is 3.91. The molecule has 1 unspecified atom stereocenters. The minimum Gasteiger partial charge on any atom is -0.457 e. The van der Waals surface area contributed by atoms with E-state index in [9.17, 15) is 4.79 Å². The van der Waals surface area contributed by atoms with Crippen LogP contribution in [-0.2, 0) is 0 Å². The molecule has 1 atom stereocenters. The van der Waals surface area contributed by atoms with Crippen molar-refractivity contribution >= 4 is 17.2 Å². The highest BCUT2D eigenvalue weighted by Gasteiger charge is 2.18. The number of aromatic nitrogens is 4. The summed E-state index contributed by atoms with van der Waals surface area (Å²) in [6.07, 6.45) is 1.47. The summed E-state index contributed by atoms with van der Waals surface area (Å²) in [5, 5.41) is 15.9. The fraction of sp³-hybridized carbons (Fsp3) is 0.100. The van der Waals surface area contributed by atoms with E-state index >= 15 is 0 Å². The number of amides is 1. The summed E-state index contributed by atoms with van der Waals surface area (Å²) in [6.45, 7) is 1.94. The van der Waals surface area contributed by atoms with E-state index in [2.05, 4.69) is 20.8 Å². The van der Waals surface area contributed by atoms with Crippen LogP contribution in [0.1, 0.15) is 28.2 Å². The number of hydrogen-bond donors (Lipinski definition) is 1. The molecule has 0 radical (unpaired) electrons. The highest BCUT2D eigenvalue weighted by molar-refractivity contribution is 7.12. The molecule has 4 aromatic rings. The van der Waals surface area contributed by atoms with E-state index in [-0.39, 0.29) is 11.9 Å². The Morgan fingerprint density at radius 3 is 2.54 bits per heavy atom.